The maximum Gasteiger partial charge on any atom is 0.206 e. The molecule has 2 heterocycles. The highest BCUT2D eigenvalue weighted by molar-refractivity contribution is 7.07. The van der Waals surface area contributed by atoms with Crippen LogP contribution in [0.15, 0.2) is 92.9 Å². The molecule has 4 nitrogen and oxygen atoms in total. The lowest BCUT2D eigenvalue weighted by Gasteiger charge is -2.04. The van der Waals surface area contributed by atoms with Gasteiger partial charge in [-0.3, -0.25) is 4.99 Å². The van der Waals surface area contributed by atoms with Crippen LogP contribution < -0.4 is 4.80 Å². The highest BCUT2D eigenvalue weighted by Crippen LogP contribution is 2.20. The number of hydrogen-bond acceptors (Lipinski definition) is 4. The van der Waals surface area contributed by atoms with Crippen molar-refractivity contribution < 1.29 is 4.42 Å². The molecule has 0 bridgehead atoms. The van der Waals surface area contributed by atoms with Gasteiger partial charge in [0, 0.05) is 17.5 Å². The summed E-state index contributed by atoms with van der Waals surface area (Å²) in [6, 6.07) is 22.6. The van der Waals surface area contributed by atoms with Gasteiger partial charge in [0.15, 0.2) is 0 Å². The predicted octanol–water partition coefficient (Wildman–Crippen LogP) is 5.14. The van der Waals surface area contributed by atoms with Crippen LogP contribution in [0, 0.1) is 6.92 Å². The van der Waals surface area contributed by atoms with Crippen LogP contribution in [0.2, 0.25) is 0 Å². The van der Waals surface area contributed by atoms with E-state index in [1.807, 2.05) is 22.9 Å². The first-order valence-electron chi connectivity index (χ1n) is 9.19. The van der Waals surface area contributed by atoms with Gasteiger partial charge in [0.05, 0.1) is 18.2 Å². The Kier molecular flexibility index (Phi) is 5.64. The zero-order valence-electron chi connectivity index (χ0n) is 15.7. The van der Waals surface area contributed by atoms with Crippen LogP contribution in [-0.2, 0) is 6.42 Å². The number of thiazole rings is 1. The SMILES string of the molecule is Cc1ccc(-c2csc(=NCCc3ccccc3)n2N=Cc2ccco2)cc1. The largest absolute Gasteiger partial charge is 0.463 e. The molecule has 28 heavy (non-hydrogen) atoms. The number of nitrogens with zero attached hydrogens (tertiary/aromatic N) is 3. The maximum atomic E-state index is 5.38. The molecule has 0 aliphatic heterocycles. The number of benzene rings is 2. The van der Waals surface area contributed by atoms with E-state index in [4.69, 9.17) is 9.41 Å². The van der Waals surface area contributed by atoms with E-state index >= 15 is 0 Å². The summed E-state index contributed by atoms with van der Waals surface area (Å²) in [6.45, 7) is 2.80. The molecular weight excluding hydrogens is 366 g/mol. The van der Waals surface area contributed by atoms with Crippen molar-refractivity contribution in [3.05, 3.63) is 100 Å². The van der Waals surface area contributed by atoms with E-state index in [0.717, 1.165) is 22.5 Å². The molecule has 2 aromatic heterocycles. The summed E-state index contributed by atoms with van der Waals surface area (Å²) in [4.78, 5) is 5.67. The second-order valence-electron chi connectivity index (χ2n) is 6.46. The van der Waals surface area contributed by atoms with Crippen molar-refractivity contribution in [2.24, 2.45) is 10.1 Å². The molecule has 0 radical (unpaired) electrons. The second-order valence-corrected chi connectivity index (χ2v) is 7.30. The normalized spacial score (nSPS) is 12.1. The summed E-state index contributed by atoms with van der Waals surface area (Å²) in [7, 11) is 0. The van der Waals surface area contributed by atoms with Gasteiger partial charge < -0.3 is 4.42 Å². The molecule has 0 N–H and O–H groups in total. The molecule has 0 fully saturated rings. The molecule has 0 unspecified atom stereocenters. The molecule has 4 aromatic rings. The summed E-state index contributed by atoms with van der Waals surface area (Å²) in [5.74, 6) is 0.712. The Bertz CT molecular complexity index is 1100. The van der Waals surface area contributed by atoms with E-state index in [1.165, 1.54) is 11.1 Å². The summed E-state index contributed by atoms with van der Waals surface area (Å²) in [5.41, 5.74) is 4.65. The summed E-state index contributed by atoms with van der Waals surface area (Å²) < 4.78 is 7.27. The van der Waals surface area contributed by atoms with Crippen molar-refractivity contribution >= 4 is 17.6 Å². The van der Waals surface area contributed by atoms with Gasteiger partial charge in [-0.15, -0.1) is 11.3 Å². The van der Waals surface area contributed by atoms with Gasteiger partial charge in [0.25, 0.3) is 0 Å². The lowest BCUT2D eigenvalue weighted by Crippen LogP contribution is -2.13. The van der Waals surface area contributed by atoms with E-state index in [-0.39, 0.29) is 0 Å². The third kappa shape index (κ3) is 4.38. The molecule has 0 aliphatic rings. The maximum absolute atomic E-state index is 5.38. The fourth-order valence-electron chi connectivity index (χ4n) is 2.85. The Morgan fingerprint density at radius 1 is 1.00 bits per heavy atom. The summed E-state index contributed by atoms with van der Waals surface area (Å²) in [5, 5.41) is 6.75. The molecule has 0 spiro atoms. The molecule has 140 valence electrons. The molecule has 2 aromatic carbocycles. The minimum atomic E-state index is 0.712. The Morgan fingerprint density at radius 3 is 2.57 bits per heavy atom. The lowest BCUT2D eigenvalue weighted by molar-refractivity contribution is 0.559. The smallest absolute Gasteiger partial charge is 0.206 e. The number of furan rings is 1. The van der Waals surface area contributed by atoms with Crippen LogP contribution in [-0.4, -0.2) is 17.4 Å². The van der Waals surface area contributed by atoms with Crippen molar-refractivity contribution in [1.82, 2.24) is 4.68 Å². The predicted molar refractivity (Wildman–Crippen MR) is 115 cm³/mol. The average Bonchev–Trinajstić information content (AvgIpc) is 3.38. The quantitative estimate of drug-likeness (QED) is 0.422. The van der Waals surface area contributed by atoms with E-state index in [2.05, 4.69) is 65.9 Å². The molecule has 0 saturated heterocycles. The van der Waals surface area contributed by atoms with Gasteiger partial charge >= 0.3 is 0 Å². The Morgan fingerprint density at radius 2 is 1.82 bits per heavy atom. The van der Waals surface area contributed by atoms with Crippen LogP contribution in [0.4, 0.5) is 0 Å². The van der Waals surface area contributed by atoms with Crippen LogP contribution in [0.1, 0.15) is 16.9 Å². The molecule has 0 atom stereocenters. The minimum absolute atomic E-state index is 0.712. The van der Waals surface area contributed by atoms with E-state index in [1.54, 1.807) is 23.8 Å². The highest BCUT2D eigenvalue weighted by atomic mass is 32.1. The summed E-state index contributed by atoms with van der Waals surface area (Å²) in [6.07, 6.45) is 4.27. The lowest BCUT2D eigenvalue weighted by atomic mass is 10.1. The molecule has 0 amide bonds. The van der Waals surface area contributed by atoms with Gasteiger partial charge in [-0.05, 0) is 31.0 Å². The van der Waals surface area contributed by atoms with Crippen LogP contribution in [0.25, 0.3) is 11.3 Å². The number of rotatable bonds is 6. The number of hydrogen-bond donors (Lipinski definition) is 0. The first kappa shape index (κ1) is 18.2. The highest BCUT2D eigenvalue weighted by Gasteiger charge is 2.07. The first-order valence-corrected chi connectivity index (χ1v) is 10.1. The molecule has 0 saturated carbocycles. The first-order chi connectivity index (χ1) is 13.8. The van der Waals surface area contributed by atoms with Gasteiger partial charge in [-0.1, -0.05) is 60.2 Å². The van der Waals surface area contributed by atoms with Crippen molar-refractivity contribution in [3.63, 3.8) is 0 Å². The van der Waals surface area contributed by atoms with Crippen molar-refractivity contribution in [2.75, 3.05) is 6.54 Å². The third-order valence-corrected chi connectivity index (χ3v) is 5.22. The molecule has 4 rings (SSSR count). The zero-order valence-corrected chi connectivity index (χ0v) is 16.5. The second kappa shape index (κ2) is 8.67. The number of aryl methyl sites for hydroxylation is 1. The molecular formula is C23H21N3OS. The fraction of sp³-hybridized carbons (Fsp3) is 0.130. The van der Waals surface area contributed by atoms with Crippen LogP contribution in [0.5, 0.6) is 0 Å². The molecule has 0 aliphatic carbocycles. The Balaban J connectivity index is 1.67. The fourth-order valence-corrected chi connectivity index (χ4v) is 3.71. The van der Waals surface area contributed by atoms with Gasteiger partial charge in [-0.2, -0.15) is 5.10 Å². The average molecular weight is 388 g/mol. The van der Waals surface area contributed by atoms with Gasteiger partial charge in [0.1, 0.15) is 5.76 Å². The minimum Gasteiger partial charge on any atom is -0.463 e. The Hall–Kier alpha value is -3.18. The third-order valence-electron chi connectivity index (χ3n) is 4.37. The van der Waals surface area contributed by atoms with Crippen molar-refractivity contribution in [1.29, 1.82) is 0 Å². The Labute approximate surface area is 168 Å². The zero-order chi connectivity index (χ0) is 19.2. The topological polar surface area (TPSA) is 42.8 Å². The van der Waals surface area contributed by atoms with Crippen LogP contribution in [0.3, 0.4) is 0 Å². The van der Waals surface area contributed by atoms with E-state index in [9.17, 15) is 0 Å². The van der Waals surface area contributed by atoms with Crippen LogP contribution >= 0.6 is 11.3 Å². The standard InChI is InChI=1S/C23H21N3OS/c1-18-9-11-20(12-10-18)22-17-28-23(24-14-13-19-6-3-2-4-7-19)26(22)25-16-21-8-5-15-27-21/h2-12,15-17H,13-14H2,1H3. The number of aromatic nitrogens is 1. The van der Waals surface area contributed by atoms with Gasteiger partial charge in [0.2, 0.25) is 4.80 Å². The van der Waals surface area contributed by atoms with Crippen molar-refractivity contribution in [2.45, 2.75) is 13.3 Å². The monoisotopic (exact) mass is 387 g/mol. The molecule has 5 heteroatoms. The van der Waals surface area contributed by atoms with Crippen molar-refractivity contribution in [3.8, 4) is 11.3 Å². The van der Waals surface area contributed by atoms with Gasteiger partial charge in [-0.25, -0.2) is 4.68 Å². The van der Waals surface area contributed by atoms with E-state index in [0.29, 0.717) is 12.3 Å². The summed E-state index contributed by atoms with van der Waals surface area (Å²) >= 11 is 1.60. The van der Waals surface area contributed by atoms with E-state index < -0.39 is 0 Å².